The van der Waals surface area contributed by atoms with Crippen molar-refractivity contribution in [2.45, 2.75) is 13.5 Å². The summed E-state index contributed by atoms with van der Waals surface area (Å²) >= 11 is 0. The average Bonchev–Trinajstić information content (AvgIpc) is 3.19. The molecule has 0 radical (unpaired) electrons. The molecule has 26 heavy (non-hydrogen) atoms. The highest BCUT2D eigenvalue weighted by atomic mass is 16.2. The molecule has 0 unspecified atom stereocenters. The molecule has 2 N–H and O–H groups in total. The number of carbonyl (C=O) groups is 2. The predicted octanol–water partition coefficient (Wildman–Crippen LogP) is 1.34. The van der Waals surface area contributed by atoms with Gasteiger partial charge in [-0.1, -0.05) is 30.3 Å². The van der Waals surface area contributed by atoms with Crippen LogP contribution in [-0.2, 0) is 18.4 Å². The van der Waals surface area contributed by atoms with Crippen molar-refractivity contribution in [1.82, 2.24) is 24.9 Å². The fourth-order valence-electron chi connectivity index (χ4n) is 2.56. The second kappa shape index (κ2) is 7.64. The van der Waals surface area contributed by atoms with Gasteiger partial charge in [-0.15, -0.1) is 0 Å². The smallest absolute Gasteiger partial charge is 0.269 e. The molecule has 134 valence electrons. The van der Waals surface area contributed by atoms with Crippen LogP contribution >= 0.6 is 0 Å². The van der Waals surface area contributed by atoms with Gasteiger partial charge < -0.3 is 10.6 Å². The molecule has 0 aliphatic heterocycles. The number of carbonyl (C=O) groups excluding carboxylic acids is 2. The third kappa shape index (κ3) is 4.35. The van der Waals surface area contributed by atoms with E-state index < -0.39 is 0 Å². The van der Waals surface area contributed by atoms with E-state index in [0.29, 0.717) is 17.9 Å². The van der Waals surface area contributed by atoms with Gasteiger partial charge in [-0.05, 0) is 18.6 Å². The molecule has 8 nitrogen and oxygen atoms in total. The monoisotopic (exact) mass is 352 g/mol. The molecule has 0 saturated carbocycles. The van der Waals surface area contributed by atoms with Crippen LogP contribution in [-0.4, -0.2) is 37.9 Å². The molecule has 0 fully saturated rings. The Morgan fingerprint density at radius 2 is 1.96 bits per heavy atom. The highest BCUT2D eigenvalue weighted by molar-refractivity contribution is 5.98. The molecule has 3 aromatic rings. The summed E-state index contributed by atoms with van der Waals surface area (Å²) in [5, 5.41) is 13.6. The zero-order chi connectivity index (χ0) is 18.5. The van der Waals surface area contributed by atoms with Crippen LogP contribution in [0, 0.1) is 6.92 Å². The predicted molar refractivity (Wildman–Crippen MR) is 96.7 cm³/mol. The van der Waals surface area contributed by atoms with Gasteiger partial charge in [0.05, 0.1) is 30.7 Å². The van der Waals surface area contributed by atoms with Crippen LogP contribution in [0.25, 0.3) is 0 Å². The Bertz CT molecular complexity index is 913. The lowest BCUT2D eigenvalue weighted by Crippen LogP contribution is -2.33. The van der Waals surface area contributed by atoms with Crippen LogP contribution in [0.1, 0.15) is 21.7 Å². The number of anilines is 1. The maximum atomic E-state index is 12.1. The Hall–Kier alpha value is -3.42. The van der Waals surface area contributed by atoms with Crippen molar-refractivity contribution in [3.63, 3.8) is 0 Å². The topological polar surface area (TPSA) is 93.8 Å². The van der Waals surface area contributed by atoms with Gasteiger partial charge in [-0.2, -0.15) is 10.2 Å². The number of nitrogens with one attached hydrogen (secondary N) is 2. The Kier molecular flexibility index (Phi) is 5.12. The highest BCUT2D eigenvalue weighted by Crippen LogP contribution is 2.08. The lowest BCUT2D eigenvalue weighted by atomic mass is 10.2. The minimum Gasteiger partial charge on any atom is -0.342 e. The number of hydrogen-bond donors (Lipinski definition) is 2. The molecule has 2 heterocycles. The fourth-order valence-corrected chi connectivity index (χ4v) is 2.56. The molecule has 0 saturated heterocycles. The summed E-state index contributed by atoms with van der Waals surface area (Å²) in [6, 6.07) is 11.6. The third-order valence-corrected chi connectivity index (χ3v) is 3.75. The van der Waals surface area contributed by atoms with E-state index in [0.717, 1.165) is 11.3 Å². The molecule has 8 heteroatoms. The standard InChI is InChI=1S/C18H20N6O2/c1-13-8-16(23(2)22-13)18(26)19-10-17(25)21-15-9-20-24(12-15)11-14-6-4-3-5-7-14/h3-9,12H,10-11H2,1-2H3,(H,19,26)(H,21,25). The first-order valence-electron chi connectivity index (χ1n) is 8.16. The molecule has 2 amide bonds. The van der Waals surface area contributed by atoms with E-state index in [1.54, 1.807) is 37.1 Å². The number of benzene rings is 1. The van der Waals surface area contributed by atoms with Gasteiger partial charge >= 0.3 is 0 Å². The van der Waals surface area contributed by atoms with Gasteiger partial charge in [0, 0.05) is 13.2 Å². The molecular weight excluding hydrogens is 332 g/mol. The van der Waals surface area contributed by atoms with Crippen molar-refractivity contribution >= 4 is 17.5 Å². The van der Waals surface area contributed by atoms with Crippen molar-refractivity contribution < 1.29 is 9.59 Å². The van der Waals surface area contributed by atoms with Crippen LogP contribution in [0.2, 0.25) is 0 Å². The van der Waals surface area contributed by atoms with Gasteiger partial charge in [0.2, 0.25) is 5.91 Å². The number of nitrogens with zero attached hydrogens (tertiary/aromatic N) is 4. The van der Waals surface area contributed by atoms with E-state index in [9.17, 15) is 9.59 Å². The minimum absolute atomic E-state index is 0.132. The summed E-state index contributed by atoms with van der Waals surface area (Å²) in [6.07, 6.45) is 3.32. The van der Waals surface area contributed by atoms with E-state index in [1.165, 1.54) is 4.68 Å². The van der Waals surface area contributed by atoms with Gasteiger partial charge in [0.1, 0.15) is 5.69 Å². The molecule has 0 spiro atoms. The lowest BCUT2D eigenvalue weighted by Gasteiger charge is -2.05. The molecule has 0 aliphatic rings. The number of hydrogen-bond acceptors (Lipinski definition) is 4. The van der Waals surface area contributed by atoms with Gasteiger partial charge in [0.25, 0.3) is 5.91 Å². The van der Waals surface area contributed by atoms with Crippen LogP contribution < -0.4 is 10.6 Å². The second-order valence-corrected chi connectivity index (χ2v) is 5.94. The zero-order valence-corrected chi connectivity index (χ0v) is 14.6. The maximum Gasteiger partial charge on any atom is 0.269 e. The molecule has 2 aromatic heterocycles. The van der Waals surface area contributed by atoms with E-state index >= 15 is 0 Å². The first kappa shape index (κ1) is 17.4. The maximum absolute atomic E-state index is 12.1. The van der Waals surface area contributed by atoms with E-state index in [2.05, 4.69) is 20.8 Å². The minimum atomic E-state index is -0.344. The third-order valence-electron chi connectivity index (χ3n) is 3.75. The van der Waals surface area contributed by atoms with Crippen molar-refractivity contribution in [2.75, 3.05) is 11.9 Å². The van der Waals surface area contributed by atoms with Crippen molar-refractivity contribution in [1.29, 1.82) is 0 Å². The Morgan fingerprint density at radius 1 is 1.19 bits per heavy atom. The first-order chi connectivity index (χ1) is 12.5. The van der Waals surface area contributed by atoms with Crippen LogP contribution in [0.5, 0.6) is 0 Å². The molecule has 3 rings (SSSR count). The number of aryl methyl sites for hydroxylation is 2. The number of amides is 2. The van der Waals surface area contributed by atoms with Crippen LogP contribution in [0.15, 0.2) is 48.8 Å². The SMILES string of the molecule is Cc1cc(C(=O)NCC(=O)Nc2cnn(Cc3ccccc3)c2)n(C)n1. The van der Waals surface area contributed by atoms with E-state index in [1.807, 2.05) is 30.3 Å². The van der Waals surface area contributed by atoms with Gasteiger partial charge in [-0.25, -0.2) is 0 Å². The fraction of sp³-hybridized carbons (Fsp3) is 0.222. The molecule has 0 bridgehead atoms. The first-order valence-corrected chi connectivity index (χ1v) is 8.16. The molecule has 1 aromatic carbocycles. The molecule has 0 aliphatic carbocycles. The average molecular weight is 352 g/mol. The lowest BCUT2D eigenvalue weighted by molar-refractivity contribution is -0.115. The summed E-state index contributed by atoms with van der Waals surface area (Å²) in [6.45, 7) is 2.29. The second-order valence-electron chi connectivity index (χ2n) is 5.94. The van der Waals surface area contributed by atoms with Gasteiger partial charge in [-0.3, -0.25) is 19.0 Å². The summed E-state index contributed by atoms with van der Waals surface area (Å²) in [5.41, 5.74) is 2.85. The van der Waals surface area contributed by atoms with Crippen molar-refractivity contribution in [3.8, 4) is 0 Å². The Balaban J connectivity index is 1.51. The normalized spacial score (nSPS) is 10.5. The van der Waals surface area contributed by atoms with Crippen molar-refractivity contribution in [2.24, 2.45) is 7.05 Å². The van der Waals surface area contributed by atoms with Gasteiger partial charge in [0.15, 0.2) is 0 Å². The molecular formula is C18H20N6O2. The Morgan fingerprint density at radius 3 is 2.65 bits per heavy atom. The number of aromatic nitrogens is 4. The van der Waals surface area contributed by atoms with E-state index in [-0.39, 0.29) is 18.4 Å². The van der Waals surface area contributed by atoms with Crippen LogP contribution in [0.4, 0.5) is 5.69 Å². The van der Waals surface area contributed by atoms with Crippen molar-refractivity contribution in [3.05, 3.63) is 65.7 Å². The quantitative estimate of drug-likeness (QED) is 0.700. The van der Waals surface area contributed by atoms with E-state index in [4.69, 9.17) is 0 Å². The highest BCUT2D eigenvalue weighted by Gasteiger charge is 2.13. The summed E-state index contributed by atoms with van der Waals surface area (Å²) in [4.78, 5) is 24.1. The summed E-state index contributed by atoms with van der Waals surface area (Å²) in [5.74, 6) is -0.667. The molecule has 0 atom stereocenters. The Labute approximate surface area is 150 Å². The largest absolute Gasteiger partial charge is 0.342 e. The zero-order valence-electron chi connectivity index (χ0n) is 14.6. The number of rotatable bonds is 6. The summed E-state index contributed by atoms with van der Waals surface area (Å²) in [7, 11) is 1.68. The van der Waals surface area contributed by atoms with Crippen LogP contribution in [0.3, 0.4) is 0 Å². The summed E-state index contributed by atoms with van der Waals surface area (Å²) < 4.78 is 3.22.